The SMILES string of the molecule is COC(C(=O)O)C(C)(C)c1ncn[nH]1. The van der Waals surface area contributed by atoms with Crippen molar-refractivity contribution in [2.45, 2.75) is 25.4 Å². The van der Waals surface area contributed by atoms with Gasteiger partial charge < -0.3 is 9.84 Å². The number of nitrogens with one attached hydrogen (secondary N) is 1. The van der Waals surface area contributed by atoms with Gasteiger partial charge in [0.15, 0.2) is 6.10 Å². The molecule has 1 aromatic rings. The second-order valence-electron chi connectivity index (χ2n) is 3.51. The number of methoxy groups -OCH3 is 1. The quantitative estimate of drug-likeness (QED) is 0.722. The van der Waals surface area contributed by atoms with Gasteiger partial charge in [-0.1, -0.05) is 0 Å². The van der Waals surface area contributed by atoms with Crippen LogP contribution in [-0.4, -0.2) is 39.5 Å². The molecule has 0 aliphatic carbocycles. The van der Waals surface area contributed by atoms with Crippen LogP contribution in [0, 0.1) is 0 Å². The molecule has 0 radical (unpaired) electrons. The Bertz CT molecular complexity index is 308. The summed E-state index contributed by atoms with van der Waals surface area (Å²) < 4.78 is 4.91. The number of hydrogen-bond acceptors (Lipinski definition) is 4. The summed E-state index contributed by atoms with van der Waals surface area (Å²) >= 11 is 0. The molecule has 1 rings (SSSR count). The number of nitrogens with zero attached hydrogens (tertiary/aromatic N) is 2. The van der Waals surface area contributed by atoms with E-state index in [1.165, 1.54) is 13.4 Å². The van der Waals surface area contributed by atoms with Gasteiger partial charge in [0.1, 0.15) is 12.2 Å². The highest BCUT2D eigenvalue weighted by molar-refractivity contribution is 5.74. The molecule has 6 nitrogen and oxygen atoms in total. The zero-order chi connectivity index (χ0) is 10.8. The van der Waals surface area contributed by atoms with Crippen LogP contribution in [0.5, 0.6) is 0 Å². The minimum atomic E-state index is -1.02. The highest BCUT2D eigenvalue weighted by Crippen LogP contribution is 2.25. The number of aromatic amines is 1. The lowest BCUT2D eigenvalue weighted by Crippen LogP contribution is -2.42. The first-order valence-corrected chi connectivity index (χ1v) is 4.11. The van der Waals surface area contributed by atoms with E-state index >= 15 is 0 Å². The summed E-state index contributed by atoms with van der Waals surface area (Å²) in [6, 6.07) is 0. The molecule has 0 saturated carbocycles. The van der Waals surface area contributed by atoms with Crippen molar-refractivity contribution in [1.82, 2.24) is 15.2 Å². The molecule has 0 aliphatic heterocycles. The molecule has 1 aromatic heterocycles. The summed E-state index contributed by atoms with van der Waals surface area (Å²) in [6.07, 6.45) is 0.390. The van der Waals surface area contributed by atoms with E-state index in [2.05, 4.69) is 15.2 Å². The van der Waals surface area contributed by atoms with E-state index < -0.39 is 17.5 Å². The summed E-state index contributed by atoms with van der Waals surface area (Å²) in [7, 11) is 1.36. The van der Waals surface area contributed by atoms with E-state index in [1.807, 2.05) is 0 Å². The Balaban J connectivity index is 2.99. The lowest BCUT2D eigenvalue weighted by molar-refractivity contribution is -0.152. The first-order chi connectivity index (χ1) is 6.50. The average molecular weight is 199 g/mol. The van der Waals surface area contributed by atoms with Gasteiger partial charge in [0, 0.05) is 7.11 Å². The van der Waals surface area contributed by atoms with E-state index in [9.17, 15) is 4.79 Å². The zero-order valence-corrected chi connectivity index (χ0v) is 8.31. The van der Waals surface area contributed by atoms with Gasteiger partial charge in [-0.3, -0.25) is 5.10 Å². The van der Waals surface area contributed by atoms with Crippen LogP contribution in [0.3, 0.4) is 0 Å². The van der Waals surface area contributed by atoms with E-state index in [-0.39, 0.29) is 0 Å². The number of aliphatic carboxylic acids is 1. The fourth-order valence-corrected chi connectivity index (χ4v) is 1.34. The van der Waals surface area contributed by atoms with E-state index in [0.29, 0.717) is 5.82 Å². The molecule has 0 saturated heterocycles. The first-order valence-electron chi connectivity index (χ1n) is 4.11. The van der Waals surface area contributed by atoms with E-state index in [1.54, 1.807) is 13.8 Å². The van der Waals surface area contributed by atoms with Crippen LogP contribution in [0.15, 0.2) is 6.33 Å². The Hall–Kier alpha value is -1.43. The normalized spacial score (nSPS) is 13.9. The topological polar surface area (TPSA) is 88.1 Å². The van der Waals surface area contributed by atoms with Gasteiger partial charge in [-0.25, -0.2) is 9.78 Å². The third-order valence-electron chi connectivity index (χ3n) is 2.14. The molecule has 78 valence electrons. The predicted octanol–water partition coefficient (Wildman–Crippen LogP) is 0.182. The molecule has 1 atom stereocenters. The lowest BCUT2D eigenvalue weighted by atomic mass is 9.85. The molecule has 1 unspecified atom stereocenters. The molecule has 14 heavy (non-hydrogen) atoms. The summed E-state index contributed by atoms with van der Waals surface area (Å²) in [6.45, 7) is 3.46. The largest absolute Gasteiger partial charge is 0.479 e. The number of carboxylic acids is 1. The van der Waals surface area contributed by atoms with Gasteiger partial charge in [-0.15, -0.1) is 0 Å². The Morgan fingerprint density at radius 2 is 2.36 bits per heavy atom. The number of rotatable bonds is 4. The van der Waals surface area contributed by atoms with Crippen molar-refractivity contribution < 1.29 is 14.6 Å². The van der Waals surface area contributed by atoms with Gasteiger partial charge in [0.2, 0.25) is 0 Å². The van der Waals surface area contributed by atoms with Crippen LogP contribution in [0.4, 0.5) is 0 Å². The minimum absolute atomic E-state index is 0.492. The monoisotopic (exact) mass is 199 g/mol. The van der Waals surface area contributed by atoms with Crippen molar-refractivity contribution in [1.29, 1.82) is 0 Å². The molecule has 0 aliphatic rings. The van der Waals surface area contributed by atoms with Gasteiger partial charge in [-0.05, 0) is 13.8 Å². The fourth-order valence-electron chi connectivity index (χ4n) is 1.34. The van der Waals surface area contributed by atoms with Crippen molar-refractivity contribution in [3.05, 3.63) is 12.2 Å². The van der Waals surface area contributed by atoms with Crippen LogP contribution in [0.1, 0.15) is 19.7 Å². The average Bonchev–Trinajstić information content (AvgIpc) is 2.55. The standard InChI is InChI=1S/C8H13N3O3/c1-8(2,5(14-3)6(12)13)7-9-4-10-11-7/h4-5H,1-3H3,(H,12,13)(H,9,10,11). The van der Waals surface area contributed by atoms with Crippen LogP contribution < -0.4 is 0 Å². The van der Waals surface area contributed by atoms with Crippen LogP contribution in [0.25, 0.3) is 0 Å². The molecule has 0 amide bonds. The van der Waals surface area contributed by atoms with Crippen molar-refractivity contribution in [2.24, 2.45) is 0 Å². The number of ether oxygens (including phenoxy) is 1. The third kappa shape index (κ3) is 1.74. The third-order valence-corrected chi connectivity index (χ3v) is 2.14. The second-order valence-corrected chi connectivity index (χ2v) is 3.51. The lowest BCUT2D eigenvalue weighted by Gasteiger charge is -2.27. The maximum atomic E-state index is 10.9. The Morgan fingerprint density at radius 1 is 1.71 bits per heavy atom. The summed E-state index contributed by atoms with van der Waals surface area (Å²) in [5.74, 6) is -0.527. The molecule has 0 spiro atoms. The number of carbonyl (C=O) groups is 1. The summed E-state index contributed by atoms with van der Waals surface area (Å²) in [5, 5.41) is 15.2. The zero-order valence-electron chi connectivity index (χ0n) is 8.31. The molecule has 0 fully saturated rings. The number of H-pyrrole nitrogens is 1. The number of carboxylic acid groups (broad SMARTS) is 1. The molecule has 2 N–H and O–H groups in total. The molecule has 1 heterocycles. The Morgan fingerprint density at radius 3 is 2.71 bits per heavy atom. The summed E-state index contributed by atoms with van der Waals surface area (Å²) in [5.41, 5.74) is -0.739. The molecular formula is C8H13N3O3. The fraction of sp³-hybridized carbons (Fsp3) is 0.625. The molecule has 0 aromatic carbocycles. The van der Waals surface area contributed by atoms with E-state index in [0.717, 1.165) is 0 Å². The van der Waals surface area contributed by atoms with Gasteiger partial charge in [0.25, 0.3) is 0 Å². The van der Waals surface area contributed by atoms with Gasteiger partial charge in [0.05, 0.1) is 5.41 Å². The summed E-state index contributed by atoms with van der Waals surface area (Å²) in [4.78, 5) is 14.8. The van der Waals surface area contributed by atoms with Crippen molar-refractivity contribution in [3.63, 3.8) is 0 Å². The first kappa shape index (κ1) is 10.6. The highest BCUT2D eigenvalue weighted by atomic mass is 16.5. The van der Waals surface area contributed by atoms with Gasteiger partial charge >= 0.3 is 5.97 Å². The Kier molecular flexibility index (Phi) is 2.85. The maximum Gasteiger partial charge on any atom is 0.333 e. The smallest absolute Gasteiger partial charge is 0.333 e. The van der Waals surface area contributed by atoms with Gasteiger partial charge in [-0.2, -0.15) is 5.10 Å². The molecule has 0 bridgehead atoms. The van der Waals surface area contributed by atoms with Crippen molar-refractivity contribution >= 4 is 5.97 Å². The van der Waals surface area contributed by atoms with Crippen molar-refractivity contribution in [3.8, 4) is 0 Å². The highest BCUT2D eigenvalue weighted by Gasteiger charge is 2.39. The van der Waals surface area contributed by atoms with E-state index in [4.69, 9.17) is 9.84 Å². The molecule has 6 heteroatoms. The van der Waals surface area contributed by atoms with Crippen LogP contribution in [0.2, 0.25) is 0 Å². The predicted molar refractivity (Wildman–Crippen MR) is 47.8 cm³/mol. The number of hydrogen-bond donors (Lipinski definition) is 2. The second kappa shape index (κ2) is 3.75. The Labute approximate surface area is 81.3 Å². The van der Waals surface area contributed by atoms with Crippen LogP contribution in [-0.2, 0) is 14.9 Å². The van der Waals surface area contributed by atoms with Crippen molar-refractivity contribution in [2.75, 3.05) is 7.11 Å². The minimum Gasteiger partial charge on any atom is -0.479 e. The maximum absolute atomic E-state index is 10.9. The van der Waals surface area contributed by atoms with Crippen LogP contribution >= 0.6 is 0 Å². The molecular weight excluding hydrogens is 186 g/mol. The number of aromatic nitrogens is 3.